The Morgan fingerprint density at radius 2 is 1.50 bits per heavy atom. The Bertz CT molecular complexity index is 904. The van der Waals surface area contributed by atoms with Gasteiger partial charge in [-0.3, -0.25) is 4.79 Å². The molecule has 0 aliphatic heterocycles. The number of nitrogens with zero attached hydrogens (tertiary/aromatic N) is 1. The van der Waals surface area contributed by atoms with Gasteiger partial charge in [-0.1, -0.05) is 47.6 Å². The molecule has 0 saturated carbocycles. The van der Waals surface area contributed by atoms with Gasteiger partial charge in [0.25, 0.3) is 0 Å². The lowest BCUT2D eigenvalue weighted by atomic mass is 10.1. The van der Waals surface area contributed by atoms with Gasteiger partial charge in [0.1, 0.15) is 43.8 Å². The van der Waals surface area contributed by atoms with E-state index >= 15 is 0 Å². The summed E-state index contributed by atoms with van der Waals surface area (Å²) in [6.45, 7) is 0.734. The van der Waals surface area contributed by atoms with E-state index in [9.17, 15) is 4.79 Å². The molecule has 0 spiro atoms. The van der Waals surface area contributed by atoms with Crippen molar-refractivity contribution < 1.29 is 19.1 Å². The molecule has 0 saturated heterocycles. The molecule has 0 bridgehead atoms. The molecule has 5 heteroatoms. The molecule has 28 heavy (non-hydrogen) atoms. The molecule has 3 rings (SSSR count). The van der Waals surface area contributed by atoms with Crippen molar-refractivity contribution in [3.63, 3.8) is 0 Å². The lowest BCUT2D eigenvalue weighted by Gasteiger charge is -2.10. The van der Waals surface area contributed by atoms with Crippen molar-refractivity contribution in [1.29, 1.82) is 0 Å². The first-order valence-electron chi connectivity index (χ1n) is 8.83. The van der Waals surface area contributed by atoms with E-state index in [-0.39, 0.29) is 0 Å². The molecule has 0 radical (unpaired) electrons. The van der Waals surface area contributed by atoms with Crippen LogP contribution >= 0.6 is 0 Å². The maximum Gasteiger partial charge on any atom is 0.150 e. The minimum absolute atomic E-state index is 0.302. The van der Waals surface area contributed by atoms with E-state index in [0.29, 0.717) is 30.2 Å². The molecule has 0 aromatic heterocycles. The third-order valence-corrected chi connectivity index (χ3v) is 4.03. The molecule has 3 aromatic rings. The summed E-state index contributed by atoms with van der Waals surface area (Å²) in [6, 6.07) is 24.5. The second kappa shape index (κ2) is 9.92. The van der Waals surface area contributed by atoms with Crippen molar-refractivity contribution in [1.82, 2.24) is 0 Å². The molecular weight excluding hydrogens is 354 g/mol. The Kier molecular flexibility index (Phi) is 6.79. The molecule has 0 N–H and O–H groups in total. The number of carbonyl (C=O) groups is 1. The van der Waals surface area contributed by atoms with Crippen LogP contribution in [0, 0.1) is 0 Å². The second-order valence-electron chi connectivity index (χ2n) is 5.99. The Labute approximate surface area is 164 Å². The Balaban J connectivity index is 1.54. The average molecular weight is 375 g/mol. The van der Waals surface area contributed by atoms with Gasteiger partial charge in [0, 0.05) is 11.1 Å². The molecule has 0 aliphatic carbocycles. The second-order valence-corrected chi connectivity index (χ2v) is 5.99. The fourth-order valence-corrected chi connectivity index (χ4v) is 2.55. The number of hydrogen-bond donors (Lipinski definition) is 0. The highest BCUT2D eigenvalue weighted by Gasteiger charge is 2.06. The molecule has 0 atom stereocenters. The summed E-state index contributed by atoms with van der Waals surface area (Å²) in [5.41, 5.74) is 3.31. The smallest absolute Gasteiger partial charge is 0.150 e. The normalized spacial score (nSPS) is 11.0. The molecule has 3 aromatic carbocycles. The van der Waals surface area contributed by atoms with Crippen LogP contribution in [0.1, 0.15) is 21.5 Å². The number of hydrogen-bond acceptors (Lipinski definition) is 5. The van der Waals surface area contributed by atoms with Crippen molar-refractivity contribution in [2.75, 3.05) is 13.7 Å². The average Bonchev–Trinajstić information content (AvgIpc) is 2.77. The first-order valence-corrected chi connectivity index (χ1v) is 8.83. The van der Waals surface area contributed by atoms with Gasteiger partial charge in [0.05, 0.1) is 0 Å². The van der Waals surface area contributed by atoms with E-state index in [2.05, 4.69) is 5.16 Å². The number of ether oxygens (including phenoxy) is 2. The number of rotatable bonds is 9. The highest BCUT2D eigenvalue weighted by molar-refractivity contribution is 6.01. The molecule has 0 heterocycles. The largest absolute Gasteiger partial charge is 0.489 e. The highest BCUT2D eigenvalue weighted by Crippen LogP contribution is 2.17. The van der Waals surface area contributed by atoms with Crippen LogP contribution in [-0.2, 0) is 11.4 Å². The summed E-state index contributed by atoms with van der Waals surface area (Å²) in [5.74, 6) is 1.45. The molecule has 0 unspecified atom stereocenters. The molecule has 0 fully saturated rings. The molecule has 5 nitrogen and oxygen atoms in total. The van der Waals surface area contributed by atoms with Crippen LogP contribution in [0.4, 0.5) is 0 Å². The topological polar surface area (TPSA) is 57.1 Å². The van der Waals surface area contributed by atoms with Gasteiger partial charge in [-0.25, -0.2) is 0 Å². The van der Waals surface area contributed by atoms with E-state index < -0.39 is 0 Å². The Hall–Kier alpha value is -3.60. The summed E-state index contributed by atoms with van der Waals surface area (Å²) in [5, 5.41) is 4.05. The number of oxime groups is 1. The fraction of sp³-hybridized carbons (Fsp3) is 0.130. The summed E-state index contributed by atoms with van der Waals surface area (Å²) in [7, 11) is 1.52. The number of aldehydes is 1. The predicted molar refractivity (Wildman–Crippen MR) is 108 cm³/mol. The minimum atomic E-state index is 0.302. The summed E-state index contributed by atoms with van der Waals surface area (Å²) >= 11 is 0. The van der Waals surface area contributed by atoms with E-state index in [1.165, 1.54) is 7.11 Å². The maximum atomic E-state index is 10.7. The Morgan fingerprint density at radius 1 is 0.857 bits per heavy atom. The van der Waals surface area contributed by atoms with Crippen LogP contribution in [0.15, 0.2) is 84.0 Å². The van der Waals surface area contributed by atoms with Gasteiger partial charge in [0.15, 0.2) is 0 Å². The van der Waals surface area contributed by atoms with Gasteiger partial charge in [0.2, 0.25) is 0 Å². The van der Waals surface area contributed by atoms with Gasteiger partial charge in [-0.05, 0) is 42.0 Å². The van der Waals surface area contributed by atoms with Gasteiger partial charge < -0.3 is 14.3 Å². The van der Waals surface area contributed by atoms with Crippen molar-refractivity contribution in [3.05, 3.63) is 95.6 Å². The van der Waals surface area contributed by atoms with E-state index in [1.54, 1.807) is 24.3 Å². The van der Waals surface area contributed by atoms with Gasteiger partial charge >= 0.3 is 0 Å². The lowest BCUT2D eigenvalue weighted by Crippen LogP contribution is -2.13. The molecule has 0 amide bonds. The maximum absolute atomic E-state index is 10.7. The standard InChI is InChI=1S/C23H21NO4/c1-26-24-23(20-5-3-2-4-6-20)17-28-22-13-9-19(10-14-22)16-27-21-11-7-18(15-25)8-12-21/h2-15H,16-17H2,1H3/b24-23-. The quantitative estimate of drug-likeness (QED) is 0.314. The fourth-order valence-electron chi connectivity index (χ4n) is 2.55. The number of benzene rings is 3. The predicted octanol–water partition coefficient (Wildman–Crippen LogP) is 4.51. The van der Waals surface area contributed by atoms with Crippen molar-refractivity contribution in [2.24, 2.45) is 5.16 Å². The first-order chi connectivity index (χ1) is 13.8. The third kappa shape index (κ3) is 5.45. The van der Waals surface area contributed by atoms with Crippen molar-refractivity contribution in [2.45, 2.75) is 6.61 Å². The van der Waals surface area contributed by atoms with Crippen LogP contribution in [0.25, 0.3) is 0 Å². The summed E-state index contributed by atoms with van der Waals surface area (Å²) in [4.78, 5) is 15.6. The van der Waals surface area contributed by atoms with Crippen LogP contribution in [-0.4, -0.2) is 25.7 Å². The van der Waals surface area contributed by atoms with E-state index in [4.69, 9.17) is 14.3 Å². The lowest BCUT2D eigenvalue weighted by molar-refractivity contribution is 0.112. The van der Waals surface area contributed by atoms with Crippen molar-refractivity contribution >= 4 is 12.0 Å². The molecule has 142 valence electrons. The van der Waals surface area contributed by atoms with Crippen LogP contribution < -0.4 is 9.47 Å². The van der Waals surface area contributed by atoms with Gasteiger partial charge in [-0.2, -0.15) is 0 Å². The minimum Gasteiger partial charge on any atom is -0.489 e. The molecule has 0 aliphatic rings. The highest BCUT2D eigenvalue weighted by atomic mass is 16.6. The monoisotopic (exact) mass is 375 g/mol. The van der Waals surface area contributed by atoms with Crippen LogP contribution in [0.5, 0.6) is 11.5 Å². The number of carbonyl (C=O) groups excluding carboxylic acids is 1. The summed E-state index contributed by atoms with van der Waals surface area (Å²) < 4.78 is 11.6. The molecular formula is C23H21NO4. The van der Waals surface area contributed by atoms with Gasteiger partial charge in [-0.15, -0.1) is 0 Å². The summed E-state index contributed by atoms with van der Waals surface area (Å²) in [6.07, 6.45) is 0.809. The zero-order valence-electron chi connectivity index (χ0n) is 15.6. The SMILES string of the molecule is CO/N=C(/COc1ccc(COc2ccc(C=O)cc2)cc1)c1ccccc1. The van der Waals surface area contributed by atoms with E-state index in [1.807, 2.05) is 54.6 Å². The van der Waals surface area contributed by atoms with Crippen molar-refractivity contribution in [3.8, 4) is 11.5 Å². The zero-order valence-corrected chi connectivity index (χ0v) is 15.6. The Morgan fingerprint density at radius 3 is 2.14 bits per heavy atom. The van der Waals surface area contributed by atoms with Crippen LogP contribution in [0.2, 0.25) is 0 Å². The first kappa shape index (κ1) is 19.2. The van der Waals surface area contributed by atoms with Crippen LogP contribution in [0.3, 0.4) is 0 Å². The van der Waals surface area contributed by atoms with E-state index in [0.717, 1.165) is 23.2 Å². The zero-order chi connectivity index (χ0) is 19.6. The third-order valence-electron chi connectivity index (χ3n) is 4.03.